The Morgan fingerprint density at radius 2 is 1.47 bits per heavy atom. The van der Waals surface area contributed by atoms with Gasteiger partial charge >= 0.3 is 0 Å². The van der Waals surface area contributed by atoms with Gasteiger partial charge in [0.15, 0.2) is 0 Å². The van der Waals surface area contributed by atoms with Gasteiger partial charge in [-0.3, -0.25) is 0 Å². The highest BCUT2D eigenvalue weighted by atomic mass is 14.9. The van der Waals surface area contributed by atoms with E-state index in [0.717, 1.165) is 13.0 Å². The lowest BCUT2D eigenvalue weighted by Gasteiger charge is -2.27. The molecule has 1 nitrogen and oxygen atoms in total. The van der Waals surface area contributed by atoms with Crippen molar-refractivity contribution < 1.29 is 0 Å². The summed E-state index contributed by atoms with van der Waals surface area (Å²) in [6, 6.07) is 9.69. The van der Waals surface area contributed by atoms with Gasteiger partial charge in [0.2, 0.25) is 0 Å². The molecule has 0 atom stereocenters. The summed E-state index contributed by atoms with van der Waals surface area (Å²) in [7, 11) is 0. The largest absolute Gasteiger partial charge is 0.314 e. The summed E-state index contributed by atoms with van der Waals surface area (Å²) in [6.45, 7) is 16.9. The highest BCUT2D eigenvalue weighted by Gasteiger charge is 2.19. The van der Waals surface area contributed by atoms with Crippen molar-refractivity contribution in [3.8, 4) is 0 Å². The molecule has 0 amide bonds. The van der Waals surface area contributed by atoms with Crippen LogP contribution in [0.4, 0.5) is 0 Å². The Morgan fingerprint density at radius 1 is 0.947 bits per heavy atom. The fraction of sp³-hybridized carbons (Fsp3) is 0.667. The van der Waals surface area contributed by atoms with Crippen LogP contribution in [-0.4, -0.2) is 12.6 Å². The van der Waals surface area contributed by atoms with Gasteiger partial charge in [0.25, 0.3) is 0 Å². The molecular formula is C18H31N. The number of nitrogens with one attached hydrogen (secondary N) is 1. The molecule has 0 saturated heterocycles. The highest BCUT2D eigenvalue weighted by Crippen LogP contribution is 2.25. The SMILES string of the molecule is CC(C)NCC(C)(C)Cc1ccc(C(C)(C)C)cc1. The third-order valence-electron chi connectivity index (χ3n) is 3.49. The van der Waals surface area contributed by atoms with Crippen LogP contribution in [0.25, 0.3) is 0 Å². The minimum absolute atomic E-state index is 0.243. The molecule has 1 N–H and O–H groups in total. The summed E-state index contributed by atoms with van der Waals surface area (Å²) in [4.78, 5) is 0. The molecule has 0 fully saturated rings. The predicted octanol–water partition coefficient (Wildman–Crippen LogP) is 4.55. The average Bonchev–Trinajstić information content (AvgIpc) is 2.25. The average molecular weight is 261 g/mol. The Morgan fingerprint density at radius 3 is 1.89 bits per heavy atom. The molecule has 0 heterocycles. The summed E-state index contributed by atoms with van der Waals surface area (Å²) < 4.78 is 0. The normalized spacial score (nSPS) is 13.1. The van der Waals surface area contributed by atoms with E-state index in [9.17, 15) is 0 Å². The molecule has 1 aromatic carbocycles. The van der Waals surface area contributed by atoms with Crippen LogP contribution in [0.1, 0.15) is 59.6 Å². The molecule has 0 radical (unpaired) electrons. The molecular weight excluding hydrogens is 230 g/mol. The zero-order valence-corrected chi connectivity index (χ0v) is 13.8. The summed E-state index contributed by atoms with van der Waals surface area (Å²) in [6.07, 6.45) is 1.12. The predicted molar refractivity (Wildman–Crippen MR) is 85.8 cm³/mol. The maximum Gasteiger partial charge on any atom is 0.00106 e. The Bertz CT molecular complexity index is 379. The zero-order chi connectivity index (χ0) is 14.7. The van der Waals surface area contributed by atoms with E-state index in [1.165, 1.54) is 11.1 Å². The molecule has 0 unspecified atom stereocenters. The molecule has 19 heavy (non-hydrogen) atoms. The van der Waals surface area contributed by atoms with Gasteiger partial charge < -0.3 is 5.32 Å². The van der Waals surface area contributed by atoms with E-state index in [1.54, 1.807) is 0 Å². The van der Waals surface area contributed by atoms with Gasteiger partial charge in [-0.2, -0.15) is 0 Å². The highest BCUT2D eigenvalue weighted by molar-refractivity contribution is 5.28. The topological polar surface area (TPSA) is 12.0 Å². The Hall–Kier alpha value is -0.820. The molecule has 0 bridgehead atoms. The number of rotatable bonds is 5. The lowest BCUT2D eigenvalue weighted by Crippen LogP contribution is -2.35. The van der Waals surface area contributed by atoms with Crippen LogP contribution in [0.3, 0.4) is 0 Å². The monoisotopic (exact) mass is 261 g/mol. The van der Waals surface area contributed by atoms with Gasteiger partial charge in [-0.15, -0.1) is 0 Å². The Labute approximate surface area is 119 Å². The van der Waals surface area contributed by atoms with Crippen LogP contribution in [0.15, 0.2) is 24.3 Å². The molecule has 0 aliphatic rings. The Kier molecular flexibility index (Phi) is 5.20. The molecule has 0 aromatic heterocycles. The van der Waals surface area contributed by atoms with E-state index in [1.807, 2.05) is 0 Å². The van der Waals surface area contributed by atoms with Crippen molar-refractivity contribution in [1.29, 1.82) is 0 Å². The first-order valence-corrected chi connectivity index (χ1v) is 7.43. The van der Waals surface area contributed by atoms with E-state index >= 15 is 0 Å². The van der Waals surface area contributed by atoms with Crippen molar-refractivity contribution in [2.24, 2.45) is 5.41 Å². The fourth-order valence-corrected chi connectivity index (χ4v) is 2.22. The molecule has 0 aliphatic heterocycles. The number of hydrogen-bond acceptors (Lipinski definition) is 1. The summed E-state index contributed by atoms with van der Waals surface area (Å²) in [5.41, 5.74) is 3.39. The van der Waals surface area contributed by atoms with Gasteiger partial charge in [0.05, 0.1) is 0 Å². The van der Waals surface area contributed by atoms with Crippen LogP contribution in [0.5, 0.6) is 0 Å². The maximum atomic E-state index is 3.54. The van der Waals surface area contributed by atoms with E-state index in [4.69, 9.17) is 0 Å². The first-order valence-electron chi connectivity index (χ1n) is 7.43. The van der Waals surface area contributed by atoms with Crippen molar-refractivity contribution in [1.82, 2.24) is 5.32 Å². The first-order chi connectivity index (χ1) is 8.60. The second-order valence-electron chi connectivity index (χ2n) is 7.82. The van der Waals surface area contributed by atoms with Crippen LogP contribution < -0.4 is 5.32 Å². The second kappa shape index (κ2) is 6.09. The minimum atomic E-state index is 0.243. The molecule has 108 valence electrons. The number of benzene rings is 1. The molecule has 1 aromatic rings. The van der Waals surface area contributed by atoms with Gasteiger partial charge in [-0.25, -0.2) is 0 Å². The third kappa shape index (κ3) is 5.78. The molecule has 0 aliphatic carbocycles. The standard InChI is InChI=1S/C18H31N/c1-14(2)19-13-18(6,7)12-15-8-10-16(11-9-15)17(3,4)5/h8-11,14,19H,12-13H2,1-7H3. The molecule has 0 saturated carbocycles. The number of hydrogen-bond donors (Lipinski definition) is 1. The van der Waals surface area contributed by atoms with E-state index < -0.39 is 0 Å². The van der Waals surface area contributed by atoms with E-state index in [-0.39, 0.29) is 5.41 Å². The van der Waals surface area contributed by atoms with Crippen molar-refractivity contribution in [2.45, 2.75) is 66.3 Å². The van der Waals surface area contributed by atoms with Gasteiger partial charge in [0.1, 0.15) is 0 Å². The maximum absolute atomic E-state index is 3.54. The van der Waals surface area contributed by atoms with Gasteiger partial charge in [-0.05, 0) is 28.4 Å². The first kappa shape index (κ1) is 16.2. The van der Waals surface area contributed by atoms with Gasteiger partial charge in [0, 0.05) is 12.6 Å². The third-order valence-corrected chi connectivity index (χ3v) is 3.49. The summed E-state index contributed by atoms with van der Waals surface area (Å²) >= 11 is 0. The van der Waals surface area contributed by atoms with Crippen molar-refractivity contribution in [2.75, 3.05) is 6.54 Å². The van der Waals surface area contributed by atoms with Crippen molar-refractivity contribution in [3.63, 3.8) is 0 Å². The lowest BCUT2D eigenvalue weighted by atomic mass is 9.83. The molecule has 0 spiro atoms. The minimum Gasteiger partial charge on any atom is -0.314 e. The lowest BCUT2D eigenvalue weighted by molar-refractivity contribution is 0.325. The quantitative estimate of drug-likeness (QED) is 0.820. The Balaban J connectivity index is 2.67. The van der Waals surface area contributed by atoms with Crippen molar-refractivity contribution in [3.05, 3.63) is 35.4 Å². The summed E-state index contributed by atoms with van der Waals surface area (Å²) in [5, 5.41) is 3.54. The smallest absolute Gasteiger partial charge is 0.00106 e. The van der Waals surface area contributed by atoms with E-state index in [0.29, 0.717) is 11.5 Å². The van der Waals surface area contributed by atoms with Crippen molar-refractivity contribution >= 4 is 0 Å². The van der Waals surface area contributed by atoms with Crippen LogP contribution in [0, 0.1) is 5.41 Å². The second-order valence-corrected chi connectivity index (χ2v) is 7.82. The molecule has 1 rings (SSSR count). The van der Waals surface area contributed by atoms with Gasteiger partial charge in [-0.1, -0.05) is 72.7 Å². The zero-order valence-electron chi connectivity index (χ0n) is 13.8. The van der Waals surface area contributed by atoms with Crippen LogP contribution in [-0.2, 0) is 11.8 Å². The van der Waals surface area contributed by atoms with E-state index in [2.05, 4.69) is 78.0 Å². The fourth-order valence-electron chi connectivity index (χ4n) is 2.22. The molecule has 1 heteroatoms. The summed E-state index contributed by atoms with van der Waals surface area (Å²) in [5.74, 6) is 0. The van der Waals surface area contributed by atoms with Crippen LogP contribution >= 0.6 is 0 Å². The van der Waals surface area contributed by atoms with Crippen LogP contribution in [0.2, 0.25) is 0 Å².